The van der Waals surface area contributed by atoms with Gasteiger partial charge in [0.2, 0.25) is 0 Å². The first kappa shape index (κ1) is 16.5. The first-order valence-corrected chi connectivity index (χ1v) is 9.74. The fraction of sp³-hybridized carbons (Fsp3) is 0.524. The van der Waals surface area contributed by atoms with Crippen LogP contribution >= 0.6 is 0 Å². The van der Waals surface area contributed by atoms with E-state index in [9.17, 15) is 0 Å². The second kappa shape index (κ2) is 7.96. The lowest BCUT2D eigenvalue weighted by atomic mass is 9.94. The highest BCUT2D eigenvalue weighted by Crippen LogP contribution is 2.35. The summed E-state index contributed by atoms with van der Waals surface area (Å²) >= 11 is 0. The molecule has 0 aromatic carbocycles. The molecule has 0 bridgehead atoms. The zero-order chi connectivity index (χ0) is 16.9. The number of rotatable bonds is 6. The molecule has 1 N–H and O–H groups in total. The van der Waals surface area contributed by atoms with Crippen molar-refractivity contribution >= 4 is 5.82 Å². The quantitative estimate of drug-likeness (QED) is 0.862. The van der Waals surface area contributed by atoms with Crippen LogP contribution in [0.15, 0.2) is 42.7 Å². The predicted molar refractivity (Wildman–Crippen MR) is 101 cm³/mol. The lowest BCUT2D eigenvalue weighted by Gasteiger charge is -2.24. The summed E-state index contributed by atoms with van der Waals surface area (Å²) in [6.45, 7) is 3.15. The lowest BCUT2D eigenvalue weighted by Crippen LogP contribution is -2.27. The van der Waals surface area contributed by atoms with Crippen molar-refractivity contribution in [3.63, 3.8) is 0 Å². The Morgan fingerprint density at radius 1 is 1.00 bits per heavy atom. The van der Waals surface area contributed by atoms with Gasteiger partial charge in [0.05, 0.1) is 11.7 Å². The fourth-order valence-electron chi connectivity index (χ4n) is 4.25. The smallest absolute Gasteiger partial charge is 0.128 e. The van der Waals surface area contributed by atoms with Gasteiger partial charge in [0.15, 0.2) is 0 Å². The van der Waals surface area contributed by atoms with Crippen molar-refractivity contribution in [2.24, 2.45) is 5.92 Å². The second-order valence-electron chi connectivity index (χ2n) is 7.38. The molecule has 132 valence electrons. The summed E-state index contributed by atoms with van der Waals surface area (Å²) in [6, 6.07) is 11.0. The molecular weight excluding hydrogens is 308 g/mol. The number of pyridine rings is 2. The minimum Gasteiger partial charge on any atom is -0.357 e. The van der Waals surface area contributed by atoms with Gasteiger partial charge in [-0.3, -0.25) is 4.98 Å². The van der Waals surface area contributed by atoms with Gasteiger partial charge in [-0.25, -0.2) is 4.98 Å². The number of nitrogens with zero attached hydrogens (tertiary/aromatic N) is 3. The molecule has 1 aliphatic carbocycles. The molecule has 1 saturated heterocycles. The first-order valence-electron chi connectivity index (χ1n) is 9.74. The van der Waals surface area contributed by atoms with Gasteiger partial charge in [-0.1, -0.05) is 25.0 Å². The maximum absolute atomic E-state index is 4.68. The lowest BCUT2D eigenvalue weighted by molar-refractivity contribution is 0.359. The van der Waals surface area contributed by atoms with Gasteiger partial charge >= 0.3 is 0 Å². The van der Waals surface area contributed by atoms with Crippen molar-refractivity contribution in [2.45, 2.75) is 51.1 Å². The predicted octanol–water partition coefficient (Wildman–Crippen LogP) is 4.10. The van der Waals surface area contributed by atoms with E-state index in [1.807, 2.05) is 18.5 Å². The van der Waals surface area contributed by atoms with E-state index >= 15 is 0 Å². The minimum atomic E-state index is 0.349. The molecule has 1 atom stereocenters. The van der Waals surface area contributed by atoms with Crippen LogP contribution in [0.3, 0.4) is 0 Å². The summed E-state index contributed by atoms with van der Waals surface area (Å²) in [5.74, 6) is 1.82. The average Bonchev–Trinajstić information content (AvgIpc) is 3.38. The van der Waals surface area contributed by atoms with Gasteiger partial charge in [0.1, 0.15) is 5.82 Å². The van der Waals surface area contributed by atoms with Crippen LogP contribution in [0.5, 0.6) is 0 Å². The number of nitrogens with one attached hydrogen (secondary N) is 1. The van der Waals surface area contributed by atoms with E-state index in [-0.39, 0.29) is 0 Å². The molecule has 25 heavy (non-hydrogen) atoms. The number of aromatic nitrogens is 2. The Bertz CT molecular complexity index is 643. The zero-order valence-corrected chi connectivity index (χ0v) is 14.9. The van der Waals surface area contributed by atoms with Crippen molar-refractivity contribution in [3.8, 4) is 0 Å². The van der Waals surface area contributed by atoms with Gasteiger partial charge in [0, 0.05) is 32.0 Å². The van der Waals surface area contributed by atoms with Crippen LogP contribution in [0, 0.1) is 5.92 Å². The van der Waals surface area contributed by atoms with Crippen LogP contribution in [0.4, 0.5) is 5.82 Å². The highest BCUT2D eigenvalue weighted by molar-refractivity contribution is 5.40. The molecule has 4 heteroatoms. The Balaban J connectivity index is 1.42. The van der Waals surface area contributed by atoms with E-state index in [1.165, 1.54) is 49.8 Å². The summed E-state index contributed by atoms with van der Waals surface area (Å²) in [4.78, 5) is 11.7. The molecule has 4 rings (SSSR count). The van der Waals surface area contributed by atoms with Crippen LogP contribution < -0.4 is 10.2 Å². The van der Waals surface area contributed by atoms with E-state index < -0.39 is 0 Å². The Morgan fingerprint density at radius 2 is 1.84 bits per heavy atom. The standard InChI is InChI=1S/C21H28N4/c1-2-8-18(7-1)21(19-9-3-4-12-22-19)24-16-17-10-11-20(23-15-17)25-13-5-6-14-25/h3-4,9-12,15,18,21,24H,1-2,5-8,13-14,16H2/t21-/m1/s1. The fourth-order valence-corrected chi connectivity index (χ4v) is 4.25. The number of hydrogen-bond acceptors (Lipinski definition) is 4. The zero-order valence-electron chi connectivity index (χ0n) is 14.9. The van der Waals surface area contributed by atoms with Crippen molar-refractivity contribution < 1.29 is 0 Å². The van der Waals surface area contributed by atoms with Crippen molar-refractivity contribution in [1.82, 2.24) is 15.3 Å². The summed E-state index contributed by atoms with van der Waals surface area (Å²) in [5.41, 5.74) is 2.43. The molecule has 2 aliphatic rings. The van der Waals surface area contributed by atoms with Gasteiger partial charge in [-0.05, 0) is 55.4 Å². The maximum atomic E-state index is 4.68. The molecule has 1 saturated carbocycles. The van der Waals surface area contributed by atoms with Crippen molar-refractivity contribution in [3.05, 3.63) is 54.0 Å². The highest BCUT2D eigenvalue weighted by atomic mass is 15.2. The molecular formula is C21H28N4. The molecule has 3 heterocycles. The van der Waals surface area contributed by atoms with Crippen LogP contribution in [-0.4, -0.2) is 23.1 Å². The maximum Gasteiger partial charge on any atom is 0.128 e. The van der Waals surface area contributed by atoms with E-state index in [0.29, 0.717) is 12.0 Å². The minimum absolute atomic E-state index is 0.349. The van der Waals surface area contributed by atoms with Crippen molar-refractivity contribution in [2.75, 3.05) is 18.0 Å². The Hall–Kier alpha value is -1.94. The molecule has 2 aromatic rings. The van der Waals surface area contributed by atoms with E-state index in [4.69, 9.17) is 0 Å². The Morgan fingerprint density at radius 3 is 2.52 bits per heavy atom. The molecule has 0 spiro atoms. The number of anilines is 1. The van der Waals surface area contributed by atoms with Gasteiger partial charge in [-0.15, -0.1) is 0 Å². The molecule has 0 amide bonds. The summed E-state index contributed by atoms with van der Waals surface area (Å²) in [5, 5.41) is 3.77. The first-order chi connectivity index (χ1) is 12.4. The Labute approximate surface area is 150 Å². The topological polar surface area (TPSA) is 41.0 Å². The summed E-state index contributed by atoms with van der Waals surface area (Å²) in [6.07, 6.45) is 11.8. The van der Waals surface area contributed by atoms with Crippen LogP contribution in [-0.2, 0) is 6.54 Å². The monoisotopic (exact) mass is 336 g/mol. The van der Waals surface area contributed by atoms with Crippen LogP contribution in [0.2, 0.25) is 0 Å². The van der Waals surface area contributed by atoms with Gasteiger partial charge < -0.3 is 10.2 Å². The Kier molecular flexibility index (Phi) is 5.26. The molecule has 0 unspecified atom stereocenters. The van der Waals surface area contributed by atoms with E-state index in [1.54, 1.807) is 0 Å². The third-order valence-corrected chi connectivity index (χ3v) is 5.64. The SMILES string of the molecule is c1ccc([C@H](NCc2ccc(N3CCCC3)nc2)C2CCCC2)nc1. The molecule has 1 aliphatic heterocycles. The highest BCUT2D eigenvalue weighted by Gasteiger charge is 2.26. The van der Waals surface area contributed by atoms with Crippen LogP contribution in [0.25, 0.3) is 0 Å². The number of hydrogen-bond donors (Lipinski definition) is 1. The van der Waals surface area contributed by atoms with E-state index in [0.717, 1.165) is 25.5 Å². The van der Waals surface area contributed by atoms with E-state index in [2.05, 4.69) is 44.5 Å². The second-order valence-corrected chi connectivity index (χ2v) is 7.38. The molecule has 2 aromatic heterocycles. The largest absolute Gasteiger partial charge is 0.357 e. The van der Waals surface area contributed by atoms with Gasteiger partial charge in [-0.2, -0.15) is 0 Å². The summed E-state index contributed by atoms with van der Waals surface area (Å²) < 4.78 is 0. The summed E-state index contributed by atoms with van der Waals surface area (Å²) in [7, 11) is 0. The molecule has 0 radical (unpaired) electrons. The molecule has 2 fully saturated rings. The normalized spacial score (nSPS) is 19.4. The average molecular weight is 336 g/mol. The third-order valence-electron chi connectivity index (χ3n) is 5.64. The van der Waals surface area contributed by atoms with Crippen molar-refractivity contribution in [1.29, 1.82) is 0 Å². The van der Waals surface area contributed by atoms with Gasteiger partial charge in [0.25, 0.3) is 0 Å². The van der Waals surface area contributed by atoms with Crippen LogP contribution in [0.1, 0.15) is 55.8 Å². The molecule has 4 nitrogen and oxygen atoms in total. The third kappa shape index (κ3) is 4.01.